The first-order chi connectivity index (χ1) is 6.55. The number of hydrogen-bond acceptors (Lipinski definition) is 2. The molecule has 1 saturated heterocycles. The molecule has 0 unspecified atom stereocenters. The van der Waals surface area contributed by atoms with Crippen molar-refractivity contribution in [3.63, 3.8) is 0 Å². The van der Waals surface area contributed by atoms with Crippen LogP contribution in [0.4, 0.5) is 0 Å². The topological polar surface area (TPSA) is 41.1 Å². The smallest absolute Gasteiger partial charge is 0.238 e. The molecule has 0 saturated carbocycles. The number of nitrogens with one attached hydrogen (secondary N) is 2. The molecule has 0 spiro atoms. The highest BCUT2D eigenvalue weighted by atomic mass is 16.2. The van der Waals surface area contributed by atoms with Crippen molar-refractivity contribution < 1.29 is 4.79 Å². The SMILES string of the molecule is C#CC(C)(C)NC(=O)[C@@H]1CCCCN1. The van der Waals surface area contributed by atoms with Crippen LogP contribution in [0.15, 0.2) is 0 Å². The van der Waals surface area contributed by atoms with Gasteiger partial charge >= 0.3 is 0 Å². The first kappa shape index (κ1) is 11.1. The number of rotatable bonds is 2. The van der Waals surface area contributed by atoms with E-state index in [-0.39, 0.29) is 11.9 Å². The third kappa shape index (κ3) is 3.04. The van der Waals surface area contributed by atoms with Crippen LogP contribution in [0.25, 0.3) is 0 Å². The van der Waals surface area contributed by atoms with Crippen molar-refractivity contribution >= 4 is 5.91 Å². The van der Waals surface area contributed by atoms with Crippen LogP contribution in [0.3, 0.4) is 0 Å². The number of amides is 1. The van der Waals surface area contributed by atoms with E-state index in [1.54, 1.807) is 0 Å². The van der Waals surface area contributed by atoms with Gasteiger partial charge in [-0.2, -0.15) is 0 Å². The van der Waals surface area contributed by atoms with E-state index in [1.165, 1.54) is 0 Å². The van der Waals surface area contributed by atoms with Crippen LogP contribution in [0.2, 0.25) is 0 Å². The standard InChI is InChI=1S/C11H18N2O/c1-4-11(2,3)13-10(14)9-7-5-6-8-12-9/h1,9,12H,5-8H2,2-3H3,(H,13,14)/t9-/m0/s1. The van der Waals surface area contributed by atoms with Crippen LogP contribution in [0.1, 0.15) is 33.1 Å². The Balaban J connectivity index is 2.45. The normalized spacial score (nSPS) is 22.5. The first-order valence-corrected chi connectivity index (χ1v) is 5.08. The summed E-state index contributed by atoms with van der Waals surface area (Å²) in [5.74, 6) is 2.57. The zero-order valence-electron chi connectivity index (χ0n) is 8.89. The monoisotopic (exact) mass is 194 g/mol. The summed E-state index contributed by atoms with van der Waals surface area (Å²) < 4.78 is 0. The fourth-order valence-electron chi connectivity index (χ4n) is 1.51. The second kappa shape index (κ2) is 4.47. The summed E-state index contributed by atoms with van der Waals surface area (Å²) in [6.07, 6.45) is 8.48. The maximum atomic E-state index is 11.7. The van der Waals surface area contributed by atoms with E-state index in [4.69, 9.17) is 6.42 Å². The van der Waals surface area contributed by atoms with Crippen molar-refractivity contribution in [3.8, 4) is 12.3 Å². The molecule has 3 heteroatoms. The zero-order chi connectivity index (χ0) is 10.6. The molecule has 0 aliphatic carbocycles. The Bertz CT molecular complexity index is 247. The van der Waals surface area contributed by atoms with E-state index in [2.05, 4.69) is 16.6 Å². The number of hydrogen-bond donors (Lipinski definition) is 2. The molecule has 0 bridgehead atoms. The Labute approximate surface area is 85.6 Å². The number of carbonyl (C=O) groups excluding carboxylic acids is 1. The first-order valence-electron chi connectivity index (χ1n) is 5.08. The third-order valence-electron chi connectivity index (χ3n) is 2.42. The van der Waals surface area contributed by atoms with Gasteiger partial charge in [-0.25, -0.2) is 0 Å². The highest BCUT2D eigenvalue weighted by Gasteiger charge is 2.25. The molecule has 0 aromatic rings. The molecule has 78 valence electrons. The molecule has 1 atom stereocenters. The van der Waals surface area contributed by atoms with Crippen molar-refractivity contribution in [2.24, 2.45) is 0 Å². The van der Waals surface area contributed by atoms with Gasteiger partial charge in [0.15, 0.2) is 0 Å². The van der Waals surface area contributed by atoms with Crippen molar-refractivity contribution in [1.82, 2.24) is 10.6 Å². The maximum Gasteiger partial charge on any atom is 0.238 e. The molecule has 0 aromatic heterocycles. The molecule has 0 aromatic carbocycles. The van der Waals surface area contributed by atoms with Gasteiger partial charge in [0.25, 0.3) is 0 Å². The zero-order valence-corrected chi connectivity index (χ0v) is 8.89. The van der Waals surface area contributed by atoms with Crippen LogP contribution in [0, 0.1) is 12.3 Å². The molecular formula is C11H18N2O. The number of carbonyl (C=O) groups is 1. The highest BCUT2D eigenvalue weighted by Crippen LogP contribution is 2.08. The van der Waals surface area contributed by atoms with Gasteiger partial charge in [0, 0.05) is 0 Å². The lowest BCUT2D eigenvalue weighted by Crippen LogP contribution is -2.52. The summed E-state index contributed by atoms with van der Waals surface area (Å²) in [6, 6.07) is -0.0589. The summed E-state index contributed by atoms with van der Waals surface area (Å²) in [5, 5.41) is 6.02. The highest BCUT2D eigenvalue weighted by molar-refractivity contribution is 5.82. The van der Waals surface area contributed by atoms with Gasteiger partial charge in [-0.3, -0.25) is 4.79 Å². The van der Waals surface area contributed by atoms with E-state index in [9.17, 15) is 4.79 Å². The summed E-state index contributed by atoms with van der Waals surface area (Å²) in [6.45, 7) is 4.58. The van der Waals surface area contributed by atoms with E-state index >= 15 is 0 Å². The van der Waals surface area contributed by atoms with Crippen molar-refractivity contribution in [2.45, 2.75) is 44.7 Å². The average molecular weight is 194 g/mol. The molecule has 1 rings (SSSR count). The van der Waals surface area contributed by atoms with Gasteiger partial charge in [0.05, 0.1) is 11.6 Å². The van der Waals surface area contributed by atoms with E-state index in [0.29, 0.717) is 0 Å². The van der Waals surface area contributed by atoms with Crippen molar-refractivity contribution in [3.05, 3.63) is 0 Å². The van der Waals surface area contributed by atoms with Crippen LogP contribution in [-0.4, -0.2) is 24.0 Å². The van der Waals surface area contributed by atoms with Gasteiger partial charge in [-0.05, 0) is 33.2 Å². The minimum absolute atomic E-state index is 0.0210. The largest absolute Gasteiger partial charge is 0.339 e. The quantitative estimate of drug-likeness (QED) is 0.634. The van der Waals surface area contributed by atoms with Crippen molar-refractivity contribution in [1.29, 1.82) is 0 Å². The molecule has 1 heterocycles. The van der Waals surface area contributed by atoms with Crippen LogP contribution in [-0.2, 0) is 4.79 Å². The summed E-state index contributed by atoms with van der Waals surface area (Å²) >= 11 is 0. The van der Waals surface area contributed by atoms with Gasteiger partial charge in [0.2, 0.25) is 5.91 Å². The fourth-order valence-corrected chi connectivity index (χ4v) is 1.51. The van der Waals surface area contributed by atoms with Crippen molar-refractivity contribution in [2.75, 3.05) is 6.54 Å². The Morgan fingerprint density at radius 2 is 2.29 bits per heavy atom. The van der Waals surface area contributed by atoms with Crippen LogP contribution >= 0.6 is 0 Å². The molecule has 1 aliphatic heterocycles. The molecule has 3 nitrogen and oxygen atoms in total. The minimum Gasteiger partial charge on any atom is -0.339 e. The Morgan fingerprint density at radius 3 is 2.79 bits per heavy atom. The molecule has 2 N–H and O–H groups in total. The van der Waals surface area contributed by atoms with E-state index in [1.807, 2.05) is 13.8 Å². The maximum absolute atomic E-state index is 11.7. The summed E-state index contributed by atoms with van der Waals surface area (Å²) in [7, 11) is 0. The Hall–Kier alpha value is -1.01. The second-order valence-electron chi connectivity index (χ2n) is 4.26. The predicted octanol–water partition coefficient (Wildman–Crippen LogP) is 0.656. The number of piperidine rings is 1. The average Bonchev–Trinajstić information content (AvgIpc) is 2.19. The lowest BCUT2D eigenvalue weighted by Gasteiger charge is -2.27. The van der Waals surface area contributed by atoms with E-state index in [0.717, 1.165) is 25.8 Å². The molecule has 0 radical (unpaired) electrons. The van der Waals surface area contributed by atoms with Gasteiger partial charge < -0.3 is 10.6 Å². The summed E-state index contributed by atoms with van der Waals surface area (Å²) in [4.78, 5) is 11.7. The lowest BCUT2D eigenvalue weighted by molar-refractivity contribution is -0.124. The molecule has 1 fully saturated rings. The van der Waals surface area contributed by atoms with Gasteiger partial charge in [-0.1, -0.05) is 12.3 Å². The molecule has 14 heavy (non-hydrogen) atoms. The van der Waals surface area contributed by atoms with E-state index < -0.39 is 5.54 Å². The second-order valence-corrected chi connectivity index (χ2v) is 4.26. The Morgan fingerprint density at radius 1 is 1.57 bits per heavy atom. The minimum atomic E-state index is -0.545. The molecule has 1 aliphatic rings. The Kier molecular flexibility index (Phi) is 3.54. The van der Waals surface area contributed by atoms with Gasteiger partial charge in [-0.15, -0.1) is 6.42 Å². The van der Waals surface area contributed by atoms with Crippen LogP contribution in [0.5, 0.6) is 0 Å². The third-order valence-corrected chi connectivity index (χ3v) is 2.42. The predicted molar refractivity (Wildman–Crippen MR) is 56.7 cm³/mol. The number of terminal acetylenes is 1. The van der Waals surface area contributed by atoms with Gasteiger partial charge in [0.1, 0.15) is 0 Å². The lowest BCUT2D eigenvalue weighted by atomic mass is 10.0. The summed E-state index contributed by atoms with van der Waals surface area (Å²) in [5.41, 5.74) is -0.545. The molecular weight excluding hydrogens is 176 g/mol. The fraction of sp³-hybridized carbons (Fsp3) is 0.727. The van der Waals surface area contributed by atoms with Crippen LogP contribution < -0.4 is 10.6 Å². The molecule has 1 amide bonds.